The summed E-state index contributed by atoms with van der Waals surface area (Å²) in [7, 11) is 0. The molecule has 1 heterocycles. The summed E-state index contributed by atoms with van der Waals surface area (Å²) in [4.78, 5) is 0.957. The lowest BCUT2D eigenvalue weighted by Crippen LogP contribution is -1.97. The standard InChI is InChI=1S/C12H11BrOS/c1-8-2-4-9(5-3-8)11(14)12-10(13)6-7-15-12/h2-7,11,14H,1H3. The minimum Gasteiger partial charge on any atom is -0.383 e. The Kier molecular flexibility index (Phi) is 3.24. The lowest BCUT2D eigenvalue weighted by atomic mass is 10.1. The molecule has 3 heteroatoms. The molecular formula is C12H11BrOS. The lowest BCUT2D eigenvalue weighted by molar-refractivity contribution is 0.223. The molecular weight excluding hydrogens is 272 g/mol. The third-order valence-corrected chi connectivity index (χ3v) is 4.21. The predicted octanol–water partition coefficient (Wildman–Crippen LogP) is 3.90. The maximum atomic E-state index is 10.1. The van der Waals surface area contributed by atoms with Gasteiger partial charge in [0.2, 0.25) is 0 Å². The average Bonchev–Trinajstić information content (AvgIpc) is 2.65. The van der Waals surface area contributed by atoms with E-state index >= 15 is 0 Å². The summed E-state index contributed by atoms with van der Waals surface area (Å²) in [5.74, 6) is 0. The summed E-state index contributed by atoms with van der Waals surface area (Å²) < 4.78 is 0.973. The van der Waals surface area contributed by atoms with Crippen molar-refractivity contribution >= 4 is 27.3 Å². The molecule has 0 aliphatic rings. The monoisotopic (exact) mass is 282 g/mol. The number of halogens is 1. The van der Waals surface area contributed by atoms with Gasteiger partial charge in [0.1, 0.15) is 6.10 Å². The molecule has 0 saturated heterocycles. The third kappa shape index (κ3) is 2.30. The highest BCUT2D eigenvalue weighted by Crippen LogP contribution is 2.32. The first-order valence-electron chi connectivity index (χ1n) is 4.66. The van der Waals surface area contributed by atoms with Gasteiger partial charge in [0.15, 0.2) is 0 Å². The van der Waals surface area contributed by atoms with Gasteiger partial charge in [-0.05, 0) is 39.9 Å². The van der Waals surface area contributed by atoms with Crippen molar-refractivity contribution in [1.82, 2.24) is 0 Å². The summed E-state index contributed by atoms with van der Waals surface area (Å²) in [5.41, 5.74) is 2.14. The molecule has 0 amide bonds. The van der Waals surface area contributed by atoms with Crippen LogP contribution in [0.25, 0.3) is 0 Å². The molecule has 0 aliphatic carbocycles. The van der Waals surface area contributed by atoms with Crippen molar-refractivity contribution in [1.29, 1.82) is 0 Å². The van der Waals surface area contributed by atoms with Crippen molar-refractivity contribution in [2.24, 2.45) is 0 Å². The fraction of sp³-hybridized carbons (Fsp3) is 0.167. The minimum atomic E-state index is -0.528. The van der Waals surface area contributed by atoms with Crippen molar-refractivity contribution in [3.8, 4) is 0 Å². The zero-order valence-electron chi connectivity index (χ0n) is 8.27. The topological polar surface area (TPSA) is 20.2 Å². The molecule has 1 unspecified atom stereocenters. The molecule has 0 fully saturated rings. The van der Waals surface area contributed by atoms with Crippen molar-refractivity contribution in [3.05, 3.63) is 56.2 Å². The van der Waals surface area contributed by atoms with E-state index in [9.17, 15) is 5.11 Å². The third-order valence-electron chi connectivity index (χ3n) is 2.29. The van der Waals surface area contributed by atoms with Gasteiger partial charge in [-0.25, -0.2) is 0 Å². The number of rotatable bonds is 2. The molecule has 0 bridgehead atoms. The Morgan fingerprint density at radius 1 is 1.20 bits per heavy atom. The van der Waals surface area contributed by atoms with Crippen LogP contribution in [0.5, 0.6) is 0 Å². The van der Waals surface area contributed by atoms with E-state index in [0.717, 1.165) is 14.9 Å². The normalized spacial score (nSPS) is 12.7. The molecule has 1 aromatic heterocycles. The summed E-state index contributed by atoms with van der Waals surface area (Å²) in [6, 6.07) is 9.91. The minimum absolute atomic E-state index is 0.528. The second-order valence-corrected chi connectivity index (χ2v) is 5.25. The van der Waals surface area contributed by atoms with Gasteiger partial charge in [0.05, 0.1) is 4.88 Å². The Morgan fingerprint density at radius 3 is 2.40 bits per heavy atom. The Morgan fingerprint density at radius 2 is 1.87 bits per heavy atom. The van der Waals surface area contributed by atoms with Gasteiger partial charge < -0.3 is 5.11 Å². The van der Waals surface area contributed by atoms with Crippen LogP contribution in [0.4, 0.5) is 0 Å². The quantitative estimate of drug-likeness (QED) is 0.886. The Labute approximate surface area is 102 Å². The molecule has 1 aromatic carbocycles. The first-order valence-corrected chi connectivity index (χ1v) is 6.33. The van der Waals surface area contributed by atoms with E-state index in [2.05, 4.69) is 15.9 Å². The second-order valence-electron chi connectivity index (χ2n) is 3.45. The first-order chi connectivity index (χ1) is 7.18. The van der Waals surface area contributed by atoms with Crippen LogP contribution in [0.15, 0.2) is 40.2 Å². The lowest BCUT2D eigenvalue weighted by Gasteiger charge is -2.09. The Balaban J connectivity index is 2.32. The molecule has 0 saturated carbocycles. The van der Waals surface area contributed by atoms with Crippen LogP contribution in [-0.4, -0.2) is 5.11 Å². The molecule has 1 atom stereocenters. The van der Waals surface area contributed by atoms with E-state index in [1.54, 1.807) is 11.3 Å². The van der Waals surface area contributed by atoms with Crippen molar-refractivity contribution in [3.63, 3.8) is 0 Å². The summed E-state index contributed by atoms with van der Waals surface area (Å²) in [6.07, 6.45) is -0.528. The number of thiophene rings is 1. The van der Waals surface area contributed by atoms with Crippen LogP contribution in [0.1, 0.15) is 22.1 Å². The molecule has 1 nitrogen and oxygen atoms in total. The summed E-state index contributed by atoms with van der Waals surface area (Å²) >= 11 is 4.99. The zero-order valence-corrected chi connectivity index (χ0v) is 10.7. The highest BCUT2D eigenvalue weighted by Gasteiger charge is 2.14. The van der Waals surface area contributed by atoms with Gasteiger partial charge in [-0.2, -0.15) is 0 Å². The van der Waals surface area contributed by atoms with Crippen LogP contribution < -0.4 is 0 Å². The maximum absolute atomic E-state index is 10.1. The van der Waals surface area contributed by atoms with E-state index < -0.39 is 6.10 Å². The second kappa shape index (κ2) is 4.47. The molecule has 1 N–H and O–H groups in total. The highest BCUT2D eigenvalue weighted by atomic mass is 79.9. The Hall–Kier alpha value is -0.640. The van der Waals surface area contributed by atoms with Gasteiger partial charge in [0, 0.05) is 4.47 Å². The number of hydrogen-bond acceptors (Lipinski definition) is 2. The van der Waals surface area contributed by atoms with Crippen LogP contribution in [-0.2, 0) is 0 Å². The van der Waals surface area contributed by atoms with Crippen LogP contribution >= 0.6 is 27.3 Å². The smallest absolute Gasteiger partial charge is 0.114 e. The molecule has 15 heavy (non-hydrogen) atoms. The molecule has 78 valence electrons. The largest absolute Gasteiger partial charge is 0.383 e. The van der Waals surface area contributed by atoms with Crippen molar-refractivity contribution in [2.75, 3.05) is 0 Å². The number of hydrogen-bond donors (Lipinski definition) is 1. The van der Waals surface area contributed by atoms with Crippen LogP contribution in [0.2, 0.25) is 0 Å². The maximum Gasteiger partial charge on any atom is 0.114 e. The average molecular weight is 283 g/mol. The molecule has 0 aliphatic heterocycles. The van der Waals surface area contributed by atoms with E-state index in [1.165, 1.54) is 5.56 Å². The van der Waals surface area contributed by atoms with Crippen molar-refractivity contribution in [2.45, 2.75) is 13.0 Å². The molecule has 2 aromatic rings. The van der Waals surface area contributed by atoms with Gasteiger partial charge in [-0.1, -0.05) is 29.8 Å². The van der Waals surface area contributed by atoms with Crippen molar-refractivity contribution < 1.29 is 5.11 Å². The fourth-order valence-corrected chi connectivity index (χ4v) is 3.00. The molecule has 2 rings (SSSR count). The van der Waals surface area contributed by atoms with Gasteiger partial charge in [-0.15, -0.1) is 11.3 Å². The van der Waals surface area contributed by atoms with E-state index in [4.69, 9.17) is 0 Å². The van der Waals surface area contributed by atoms with E-state index in [0.29, 0.717) is 0 Å². The predicted molar refractivity (Wildman–Crippen MR) is 67.3 cm³/mol. The molecule has 0 radical (unpaired) electrons. The SMILES string of the molecule is Cc1ccc(C(O)c2sccc2Br)cc1. The van der Waals surface area contributed by atoms with Gasteiger partial charge in [-0.3, -0.25) is 0 Å². The number of aliphatic hydroxyl groups excluding tert-OH is 1. The number of aliphatic hydroxyl groups is 1. The summed E-state index contributed by atoms with van der Waals surface area (Å²) in [6.45, 7) is 2.04. The highest BCUT2D eigenvalue weighted by molar-refractivity contribution is 9.10. The van der Waals surface area contributed by atoms with Crippen LogP contribution in [0, 0.1) is 6.92 Å². The van der Waals surface area contributed by atoms with Gasteiger partial charge in [0.25, 0.3) is 0 Å². The zero-order chi connectivity index (χ0) is 10.8. The number of aryl methyl sites for hydroxylation is 1. The van der Waals surface area contributed by atoms with E-state index in [-0.39, 0.29) is 0 Å². The van der Waals surface area contributed by atoms with Crippen LogP contribution in [0.3, 0.4) is 0 Å². The fourth-order valence-electron chi connectivity index (χ4n) is 1.40. The van der Waals surface area contributed by atoms with Gasteiger partial charge >= 0.3 is 0 Å². The first kappa shape index (κ1) is 10.9. The Bertz CT molecular complexity index is 447. The van der Waals surface area contributed by atoms with E-state index in [1.807, 2.05) is 42.6 Å². The number of benzene rings is 1. The summed E-state index contributed by atoms with van der Waals surface area (Å²) in [5, 5.41) is 12.1. The molecule has 0 spiro atoms.